The highest BCUT2D eigenvalue weighted by molar-refractivity contribution is 6.62. The molecule has 0 saturated carbocycles. The van der Waals surface area contributed by atoms with Gasteiger partial charge in [-0.25, -0.2) is 4.98 Å². The summed E-state index contributed by atoms with van der Waals surface area (Å²) in [5.74, 6) is 0.456. The van der Waals surface area contributed by atoms with E-state index in [2.05, 4.69) is 9.72 Å². The van der Waals surface area contributed by atoms with E-state index in [0.717, 1.165) is 12.1 Å². The standard InChI is InChI=1S/C21H25BF3NO5/c1-13(2)27-17-11-14(22-30-19(3,4)20(5,6)31-22)12-26-18(17)28-15-7-9-16(10-8-15)29-21(23,24)25/h7-13H,1-6H3. The van der Waals surface area contributed by atoms with Gasteiger partial charge in [-0.05, 0) is 71.9 Å². The monoisotopic (exact) mass is 439 g/mol. The highest BCUT2D eigenvalue weighted by atomic mass is 19.4. The minimum absolute atomic E-state index is 0.165. The molecule has 1 aliphatic rings. The third-order valence-corrected chi connectivity index (χ3v) is 5.00. The van der Waals surface area contributed by atoms with Crippen LogP contribution in [0.15, 0.2) is 36.5 Å². The van der Waals surface area contributed by atoms with Gasteiger partial charge in [-0.1, -0.05) is 0 Å². The minimum Gasteiger partial charge on any atom is -0.485 e. The summed E-state index contributed by atoms with van der Waals surface area (Å²) in [6, 6.07) is 6.74. The second-order valence-electron chi connectivity index (χ2n) is 8.45. The van der Waals surface area contributed by atoms with E-state index >= 15 is 0 Å². The normalized spacial score (nSPS) is 17.7. The number of aromatic nitrogens is 1. The van der Waals surface area contributed by atoms with Crippen LogP contribution in [-0.4, -0.2) is 35.8 Å². The quantitative estimate of drug-likeness (QED) is 0.600. The summed E-state index contributed by atoms with van der Waals surface area (Å²) in [6.07, 6.45) is -3.36. The molecule has 3 rings (SSSR count). The molecule has 1 aromatic heterocycles. The van der Waals surface area contributed by atoms with E-state index in [1.54, 1.807) is 12.3 Å². The molecule has 31 heavy (non-hydrogen) atoms. The molecule has 2 aromatic rings. The number of alkyl halides is 3. The van der Waals surface area contributed by atoms with E-state index in [1.165, 1.54) is 12.1 Å². The predicted octanol–water partition coefficient (Wildman–Crippen LogP) is 4.86. The number of halogens is 3. The molecule has 168 valence electrons. The predicted molar refractivity (Wildman–Crippen MR) is 109 cm³/mol. The topological polar surface area (TPSA) is 59.0 Å². The Labute approximate surface area is 179 Å². The molecule has 0 radical (unpaired) electrons. The summed E-state index contributed by atoms with van der Waals surface area (Å²) < 4.78 is 64.5. The van der Waals surface area contributed by atoms with Crippen molar-refractivity contribution in [3.05, 3.63) is 36.5 Å². The third kappa shape index (κ3) is 5.62. The van der Waals surface area contributed by atoms with Gasteiger partial charge in [-0.15, -0.1) is 13.2 Å². The van der Waals surface area contributed by atoms with E-state index in [1.807, 2.05) is 41.5 Å². The van der Waals surface area contributed by atoms with Crippen LogP contribution in [0.3, 0.4) is 0 Å². The summed E-state index contributed by atoms with van der Waals surface area (Å²) >= 11 is 0. The number of rotatable bonds is 6. The second-order valence-corrected chi connectivity index (χ2v) is 8.45. The van der Waals surface area contributed by atoms with E-state index in [9.17, 15) is 13.2 Å². The van der Waals surface area contributed by atoms with Gasteiger partial charge in [0.15, 0.2) is 5.75 Å². The molecule has 10 heteroatoms. The molecule has 1 aromatic carbocycles. The van der Waals surface area contributed by atoms with Crippen LogP contribution in [0.4, 0.5) is 13.2 Å². The van der Waals surface area contributed by atoms with Gasteiger partial charge in [-0.3, -0.25) is 0 Å². The lowest BCUT2D eigenvalue weighted by Crippen LogP contribution is -2.41. The van der Waals surface area contributed by atoms with Crippen LogP contribution < -0.4 is 19.7 Å². The number of pyridine rings is 1. The number of hydrogen-bond donors (Lipinski definition) is 0. The third-order valence-electron chi connectivity index (χ3n) is 5.00. The van der Waals surface area contributed by atoms with Crippen molar-refractivity contribution >= 4 is 12.6 Å². The van der Waals surface area contributed by atoms with Crippen molar-refractivity contribution in [2.75, 3.05) is 0 Å². The molecule has 0 N–H and O–H groups in total. The molecule has 1 saturated heterocycles. The summed E-state index contributed by atoms with van der Waals surface area (Å²) in [7, 11) is -0.625. The number of ether oxygens (including phenoxy) is 3. The Morgan fingerprint density at radius 2 is 1.52 bits per heavy atom. The highest BCUT2D eigenvalue weighted by Gasteiger charge is 2.52. The maximum absolute atomic E-state index is 12.3. The first-order chi connectivity index (χ1) is 14.3. The molecule has 0 atom stereocenters. The lowest BCUT2D eigenvalue weighted by molar-refractivity contribution is -0.274. The Bertz CT molecular complexity index is 900. The van der Waals surface area contributed by atoms with Gasteiger partial charge < -0.3 is 23.5 Å². The van der Waals surface area contributed by atoms with E-state index in [-0.39, 0.29) is 23.5 Å². The van der Waals surface area contributed by atoms with Crippen LogP contribution in [0.1, 0.15) is 41.5 Å². The van der Waals surface area contributed by atoms with Crippen molar-refractivity contribution in [2.24, 2.45) is 0 Å². The average molecular weight is 439 g/mol. The van der Waals surface area contributed by atoms with Gasteiger partial charge >= 0.3 is 13.5 Å². The van der Waals surface area contributed by atoms with Gasteiger partial charge in [0.05, 0.1) is 17.3 Å². The maximum Gasteiger partial charge on any atom is 0.573 e. The summed E-state index contributed by atoms with van der Waals surface area (Å²) in [6.45, 7) is 11.5. The maximum atomic E-state index is 12.3. The number of hydrogen-bond acceptors (Lipinski definition) is 6. The largest absolute Gasteiger partial charge is 0.573 e. The minimum atomic E-state index is -4.76. The molecule has 1 fully saturated rings. The molecule has 6 nitrogen and oxygen atoms in total. The Kier molecular flexibility index (Phi) is 6.17. The van der Waals surface area contributed by atoms with Crippen LogP contribution in [-0.2, 0) is 9.31 Å². The first kappa shape index (κ1) is 23.2. The molecular weight excluding hydrogens is 414 g/mol. The van der Waals surface area contributed by atoms with Gasteiger partial charge in [0.1, 0.15) is 11.5 Å². The van der Waals surface area contributed by atoms with Crippen LogP contribution >= 0.6 is 0 Å². The smallest absolute Gasteiger partial charge is 0.485 e. The van der Waals surface area contributed by atoms with Gasteiger partial charge in [0, 0.05) is 11.7 Å². The highest BCUT2D eigenvalue weighted by Crippen LogP contribution is 2.37. The van der Waals surface area contributed by atoms with Crippen LogP contribution in [0, 0.1) is 0 Å². The van der Waals surface area contributed by atoms with Crippen molar-refractivity contribution in [2.45, 2.75) is 65.2 Å². The van der Waals surface area contributed by atoms with Gasteiger partial charge in [0.25, 0.3) is 5.88 Å². The van der Waals surface area contributed by atoms with Crippen LogP contribution in [0.2, 0.25) is 0 Å². The molecule has 0 bridgehead atoms. The van der Waals surface area contributed by atoms with E-state index in [0.29, 0.717) is 11.2 Å². The van der Waals surface area contributed by atoms with Crippen molar-refractivity contribution in [3.8, 4) is 23.1 Å². The Hall–Kier alpha value is -2.46. The molecule has 0 aliphatic carbocycles. The van der Waals surface area contributed by atoms with Crippen LogP contribution in [0.5, 0.6) is 23.1 Å². The van der Waals surface area contributed by atoms with E-state index < -0.39 is 24.7 Å². The molecular formula is C21H25BF3NO5. The average Bonchev–Trinajstić information content (AvgIpc) is 2.84. The molecule has 1 aliphatic heterocycles. The molecule has 0 spiro atoms. The fourth-order valence-corrected chi connectivity index (χ4v) is 2.79. The zero-order chi connectivity index (χ0) is 23.0. The van der Waals surface area contributed by atoms with Gasteiger partial charge in [0.2, 0.25) is 0 Å². The second kappa shape index (κ2) is 8.24. The molecule has 2 heterocycles. The van der Waals surface area contributed by atoms with E-state index in [4.69, 9.17) is 18.8 Å². The van der Waals surface area contributed by atoms with Crippen molar-refractivity contribution in [3.63, 3.8) is 0 Å². The first-order valence-electron chi connectivity index (χ1n) is 9.82. The SMILES string of the molecule is CC(C)Oc1cc(B2OC(C)(C)C(C)(C)O2)cnc1Oc1ccc(OC(F)(F)F)cc1. The lowest BCUT2D eigenvalue weighted by Gasteiger charge is -2.32. The zero-order valence-electron chi connectivity index (χ0n) is 18.2. The number of nitrogens with zero attached hydrogens (tertiary/aromatic N) is 1. The van der Waals surface area contributed by atoms with Crippen molar-refractivity contribution in [1.82, 2.24) is 4.98 Å². The summed E-state index contributed by atoms with van der Waals surface area (Å²) in [5, 5.41) is 0. The Morgan fingerprint density at radius 1 is 0.968 bits per heavy atom. The van der Waals surface area contributed by atoms with Crippen molar-refractivity contribution < 1.29 is 36.7 Å². The number of benzene rings is 1. The molecule has 0 unspecified atom stereocenters. The summed E-state index contributed by atoms with van der Waals surface area (Å²) in [5.41, 5.74) is -0.353. The fourth-order valence-electron chi connectivity index (χ4n) is 2.79. The Balaban J connectivity index is 1.82. The van der Waals surface area contributed by atoms with Crippen molar-refractivity contribution in [1.29, 1.82) is 0 Å². The first-order valence-corrected chi connectivity index (χ1v) is 9.82. The summed E-state index contributed by atoms with van der Waals surface area (Å²) in [4.78, 5) is 4.33. The van der Waals surface area contributed by atoms with Crippen LogP contribution in [0.25, 0.3) is 0 Å². The lowest BCUT2D eigenvalue weighted by atomic mass is 9.80. The Morgan fingerprint density at radius 3 is 2.03 bits per heavy atom. The molecule has 0 amide bonds. The van der Waals surface area contributed by atoms with Gasteiger partial charge in [-0.2, -0.15) is 0 Å². The zero-order valence-corrected chi connectivity index (χ0v) is 18.2. The fraction of sp³-hybridized carbons (Fsp3) is 0.476.